The smallest absolute Gasteiger partial charge is 0.174 e. The third kappa shape index (κ3) is 3.92. The first-order valence-corrected chi connectivity index (χ1v) is 8.89. The van der Waals surface area contributed by atoms with Gasteiger partial charge in [0, 0.05) is 16.1 Å². The molecule has 3 rings (SSSR count). The van der Waals surface area contributed by atoms with Crippen LogP contribution in [-0.4, -0.2) is 11.6 Å². The van der Waals surface area contributed by atoms with Crippen LogP contribution in [0.5, 0.6) is 0 Å². The highest BCUT2D eigenvalue weighted by Crippen LogP contribution is 2.31. The molecular formula is C23H19ClO2. The topological polar surface area (TPSA) is 34.1 Å². The molecule has 1 unspecified atom stereocenters. The van der Waals surface area contributed by atoms with E-state index < -0.39 is 5.92 Å². The Labute approximate surface area is 158 Å². The van der Waals surface area contributed by atoms with Crippen molar-refractivity contribution in [1.29, 1.82) is 0 Å². The molecule has 0 heterocycles. The molecule has 0 saturated carbocycles. The van der Waals surface area contributed by atoms with Gasteiger partial charge in [0.2, 0.25) is 0 Å². The molecular weight excluding hydrogens is 344 g/mol. The highest BCUT2D eigenvalue weighted by molar-refractivity contribution is 6.30. The van der Waals surface area contributed by atoms with Gasteiger partial charge in [-0.25, -0.2) is 0 Å². The molecule has 0 saturated heterocycles. The van der Waals surface area contributed by atoms with Crippen LogP contribution >= 0.6 is 11.6 Å². The molecule has 0 N–H and O–H groups in total. The second kappa shape index (κ2) is 8.11. The molecule has 3 heteroatoms. The van der Waals surface area contributed by atoms with Crippen LogP contribution in [0.1, 0.15) is 39.1 Å². The normalized spacial score (nSPS) is 12.0. The highest BCUT2D eigenvalue weighted by atomic mass is 35.5. The fourth-order valence-electron chi connectivity index (χ4n) is 3.10. The van der Waals surface area contributed by atoms with Gasteiger partial charge in [0.15, 0.2) is 11.6 Å². The molecule has 130 valence electrons. The van der Waals surface area contributed by atoms with E-state index in [1.165, 1.54) is 0 Å². The lowest BCUT2D eigenvalue weighted by atomic mass is 9.78. The van der Waals surface area contributed by atoms with Crippen molar-refractivity contribution < 1.29 is 9.59 Å². The molecule has 0 aliphatic rings. The molecule has 26 heavy (non-hydrogen) atoms. The second-order valence-electron chi connectivity index (χ2n) is 6.28. The maximum Gasteiger partial charge on any atom is 0.174 e. The lowest BCUT2D eigenvalue weighted by molar-refractivity contribution is 0.0787. The van der Waals surface area contributed by atoms with E-state index in [2.05, 4.69) is 0 Å². The molecule has 3 aromatic rings. The van der Waals surface area contributed by atoms with Gasteiger partial charge in [0.1, 0.15) is 0 Å². The van der Waals surface area contributed by atoms with Crippen LogP contribution in [0.3, 0.4) is 0 Å². The average molecular weight is 363 g/mol. The molecule has 0 aromatic heterocycles. The van der Waals surface area contributed by atoms with Crippen molar-refractivity contribution in [2.45, 2.75) is 12.8 Å². The number of ketones is 2. The molecule has 0 amide bonds. The molecule has 0 bridgehead atoms. The number of carbonyl (C=O) groups is 2. The number of rotatable bonds is 6. The van der Waals surface area contributed by atoms with Gasteiger partial charge >= 0.3 is 0 Å². The summed E-state index contributed by atoms with van der Waals surface area (Å²) in [6, 6.07) is 25.3. The third-order valence-electron chi connectivity index (χ3n) is 4.58. The molecule has 2 nitrogen and oxygen atoms in total. The highest BCUT2D eigenvalue weighted by Gasteiger charge is 2.34. The summed E-state index contributed by atoms with van der Waals surface area (Å²) in [5.74, 6) is -1.39. The Kier molecular flexibility index (Phi) is 5.65. The predicted octanol–water partition coefficient (Wildman–Crippen LogP) is 5.83. The summed E-state index contributed by atoms with van der Waals surface area (Å²) < 4.78 is 0. The summed E-state index contributed by atoms with van der Waals surface area (Å²) in [4.78, 5) is 26.4. The predicted molar refractivity (Wildman–Crippen MR) is 105 cm³/mol. The van der Waals surface area contributed by atoms with Crippen molar-refractivity contribution in [2.24, 2.45) is 5.92 Å². The van der Waals surface area contributed by atoms with Crippen LogP contribution in [0, 0.1) is 5.92 Å². The number of hydrogen-bond donors (Lipinski definition) is 0. The van der Waals surface area contributed by atoms with Crippen LogP contribution < -0.4 is 0 Å². The quantitative estimate of drug-likeness (QED) is 0.408. The van der Waals surface area contributed by atoms with Crippen molar-refractivity contribution in [1.82, 2.24) is 0 Å². The Hall–Kier alpha value is -2.71. The average Bonchev–Trinajstić information content (AvgIpc) is 2.69. The van der Waals surface area contributed by atoms with E-state index in [-0.39, 0.29) is 17.5 Å². The first-order chi connectivity index (χ1) is 12.6. The van der Waals surface area contributed by atoms with Gasteiger partial charge in [-0.15, -0.1) is 0 Å². The maximum absolute atomic E-state index is 13.2. The van der Waals surface area contributed by atoms with E-state index in [9.17, 15) is 9.59 Å². The van der Waals surface area contributed by atoms with Gasteiger partial charge in [-0.1, -0.05) is 91.3 Å². The SMILES string of the molecule is CC(c1ccc(Cl)cc1)C(C(=O)c1ccccc1)C(=O)c1ccccc1. The lowest BCUT2D eigenvalue weighted by Crippen LogP contribution is -2.29. The maximum atomic E-state index is 13.2. The van der Waals surface area contributed by atoms with Gasteiger partial charge in [-0.3, -0.25) is 9.59 Å². The van der Waals surface area contributed by atoms with E-state index in [0.717, 1.165) is 5.56 Å². The van der Waals surface area contributed by atoms with Crippen molar-refractivity contribution in [3.8, 4) is 0 Å². The Morgan fingerprint density at radius 1 is 0.692 bits per heavy atom. The lowest BCUT2D eigenvalue weighted by Gasteiger charge is -2.22. The summed E-state index contributed by atoms with van der Waals surface area (Å²) in [6.07, 6.45) is 0. The minimum absolute atomic E-state index is 0.165. The Morgan fingerprint density at radius 2 is 1.12 bits per heavy atom. The van der Waals surface area contributed by atoms with Crippen LogP contribution in [0.2, 0.25) is 5.02 Å². The molecule has 0 aliphatic carbocycles. The van der Waals surface area contributed by atoms with E-state index in [0.29, 0.717) is 16.1 Å². The van der Waals surface area contributed by atoms with E-state index in [4.69, 9.17) is 11.6 Å². The zero-order valence-corrected chi connectivity index (χ0v) is 15.2. The van der Waals surface area contributed by atoms with Crippen LogP contribution in [-0.2, 0) is 0 Å². The Balaban J connectivity index is 2.02. The van der Waals surface area contributed by atoms with Gasteiger partial charge in [0.05, 0.1) is 5.92 Å². The molecule has 0 radical (unpaired) electrons. The molecule has 3 aromatic carbocycles. The van der Waals surface area contributed by atoms with E-state index >= 15 is 0 Å². The fourth-order valence-corrected chi connectivity index (χ4v) is 3.22. The Bertz CT molecular complexity index is 835. The summed E-state index contributed by atoms with van der Waals surface area (Å²) in [6.45, 7) is 1.91. The minimum atomic E-state index is -0.791. The van der Waals surface area contributed by atoms with Crippen molar-refractivity contribution in [3.63, 3.8) is 0 Å². The molecule has 0 fully saturated rings. The number of halogens is 1. The van der Waals surface area contributed by atoms with Crippen molar-refractivity contribution >= 4 is 23.2 Å². The molecule has 0 aliphatic heterocycles. The van der Waals surface area contributed by atoms with Crippen molar-refractivity contribution in [3.05, 3.63) is 107 Å². The summed E-state index contributed by atoms with van der Waals surface area (Å²) in [5.41, 5.74) is 2.00. The molecule has 0 spiro atoms. The standard InChI is InChI=1S/C23H19ClO2/c1-16(17-12-14-20(24)15-13-17)21(22(25)18-8-4-2-5-9-18)23(26)19-10-6-3-7-11-19/h2-16,21H,1H3. The van der Waals surface area contributed by atoms with E-state index in [1.807, 2.05) is 55.5 Å². The number of carbonyl (C=O) groups excluding carboxylic acids is 2. The van der Waals surface area contributed by atoms with Gasteiger partial charge in [0.25, 0.3) is 0 Å². The molecule has 1 atom stereocenters. The number of hydrogen-bond acceptors (Lipinski definition) is 2. The van der Waals surface area contributed by atoms with Gasteiger partial charge in [-0.05, 0) is 23.6 Å². The number of benzene rings is 3. The fraction of sp³-hybridized carbons (Fsp3) is 0.130. The third-order valence-corrected chi connectivity index (χ3v) is 4.83. The van der Waals surface area contributed by atoms with Gasteiger partial charge in [-0.2, -0.15) is 0 Å². The van der Waals surface area contributed by atoms with Crippen LogP contribution in [0.15, 0.2) is 84.9 Å². The first-order valence-electron chi connectivity index (χ1n) is 8.52. The minimum Gasteiger partial charge on any atom is -0.293 e. The Morgan fingerprint density at radius 3 is 1.54 bits per heavy atom. The summed E-state index contributed by atoms with van der Waals surface area (Å²) in [7, 11) is 0. The van der Waals surface area contributed by atoms with Crippen LogP contribution in [0.25, 0.3) is 0 Å². The summed E-state index contributed by atoms with van der Waals surface area (Å²) in [5, 5.41) is 0.626. The largest absolute Gasteiger partial charge is 0.293 e. The van der Waals surface area contributed by atoms with E-state index in [1.54, 1.807) is 36.4 Å². The zero-order chi connectivity index (χ0) is 18.5. The first kappa shape index (κ1) is 18.1. The van der Waals surface area contributed by atoms with Crippen LogP contribution in [0.4, 0.5) is 0 Å². The summed E-state index contributed by atoms with van der Waals surface area (Å²) >= 11 is 5.98. The monoisotopic (exact) mass is 362 g/mol. The number of Topliss-reactive ketones (excluding diaryl/α,β-unsaturated/α-hetero) is 2. The second-order valence-corrected chi connectivity index (χ2v) is 6.71. The van der Waals surface area contributed by atoms with Gasteiger partial charge < -0.3 is 0 Å². The zero-order valence-electron chi connectivity index (χ0n) is 14.4. The van der Waals surface area contributed by atoms with Crippen molar-refractivity contribution in [2.75, 3.05) is 0 Å².